The van der Waals surface area contributed by atoms with Gasteiger partial charge in [-0.1, -0.05) is 0 Å². The van der Waals surface area contributed by atoms with Gasteiger partial charge >= 0.3 is 5.97 Å². The summed E-state index contributed by atoms with van der Waals surface area (Å²) in [4.78, 5) is 22.5. The number of benzene rings is 1. The summed E-state index contributed by atoms with van der Waals surface area (Å²) in [7, 11) is -3.58. The zero-order valence-corrected chi connectivity index (χ0v) is 12.6. The minimum atomic E-state index is -3.58. The molecule has 0 atom stereocenters. The topological polar surface area (TPSA) is 118 Å². The number of nitro groups is 1. The van der Waals surface area contributed by atoms with E-state index in [-0.39, 0.29) is 16.6 Å². The Morgan fingerprint density at radius 1 is 1.43 bits per heavy atom. The molecule has 0 aliphatic heterocycles. The summed E-state index contributed by atoms with van der Waals surface area (Å²) in [5, 5.41) is 20.1. The molecule has 9 heteroatoms. The van der Waals surface area contributed by atoms with Gasteiger partial charge in [0.1, 0.15) is 12.2 Å². The van der Waals surface area contributed by atoms with E-state index in [1.54, 1.807) is 13.8 Å². The van der Waals surface area contributed by atoms with E-state index < -0.39 is 33.0 Å². The molecule has 0 fully saturated rings. The first kappa shape index (κ1) is 16.9. The van der Waals surface area contributed by atoms with Crippen molar-refractivity contribution in [3.05, 3.63) is 28.3 Å². The summed E-state index contributed by atoms with van der Waals surface area (Å²) in [5.41, 5.74) is -0.363. The summed E-state index contributed by atoms with van der Waals surface area (Å²) < 4.78 is 22.9. The molecule has 0 aliphatic carbocycles. The lowest BCUT2D eigenvalue weighted by molar-refractivity contribution is -0.384. The number of carboxylic acid groups (broad SMARTS) is 1. The molecular formula is C12H16N2O6S. The molecule has 1 aromatic carbocycles. The summed E-state index contributed by atoms with van der Waals surface area (Å²) in [5.74, 6) is -1.13. The number of carboxylic acids is 1. The largest absolute Gasteiger partial charge is 0.480 e. The van der Waals surface area contributed by atoms with Crippen LogP contribution >= 0.6 is 0 Å². The number of rotatable bonds is 6. The van der Waals surface area contributed by atoms with Crippen LogP contribution in [0.4, 0.5) is 11.4 Å². The van der Waals surface area contributed by atoms with Crippen LogP contribution in [0.15, 0.2) is 23.1 Å². The Hall–Kier alpha value is -2.16. The van der Waals surface area contributed by atoms with Crippen molar-refractivity contribution in [3.8, 4) is 0 Å². The summed E-state index contributed by atoms with van der Waals surface area (Å²) in [6.45, 7) is 2.96. The van der Waals surface area contributed by atoms with Crippen LogP contribution in [-0.4, -0.2) is 43.3 Å². The van der Waals surface area contributed by atoms with Gasteiger partial charge in [0.15, 0.2) is 9.84 Å². The normalized spacial score (nSPS) is 11.4. The van der Waals surface area contributed by atoms with Crippen molar-refractivity contribution >= 4 is 27.2 Å². The number of nitrogens with zero attached hydrogens (tertiary/aromatic N) is 2. The van der Waals surface area contributed by atoms with E-state index in [4.69, 9.17) is 5.11 Å². The SMILES string of the molecule is CC(C)N(CC(=O)O)c1ccc(S(C)(=O)=O)cc1[N+](=O)[O-]. The minimum absolute atomic E-state index is 0.0739. The Morgan fingerprint density at radius 3 is 2.38 bits per heavy atom. The number of carbonyl (C=O) groups is 1. The Labute approximate surface area is 122 Å². The fourth-order valence-corrected chi connectivity index (χ4v) is 2.46. The zero-order valence-electron chi connectivity index (χ0n) is 11.8. The fourth-order valence-electron chi connectivity index (χ4n) is 1.81. The Bertz CT molecular complexity index is 668. The third-order valence-corrected chi connectivity index (χ3v) is 3.92. The first-order valence-electron chi connectivity index (χ1n) is 6.01. The van der Waals surface area contributed by atoms with Gasteiger partial charge in [0.05, 0.1) is 9.82 Å². The third-order valence-electron chi connectivity index (χ3n) is 2.81. The van der Waals surface area contributed by atoms with E-state index in [0.29, 0.717) is 0 Å². The summed E-state index contributed by atoms with van der Waals surface area (Å²) >= 11 is 0. The van der Waals surface area contributed by atoms with Gasteiger partial charge in [-0.15, -0.1) is 0 Å². The van der Waals surface area contributed by atoms with E-state index in [0.717, 1.165) is 12.3 Å². The third kappa shape index (κ3) is 4.15. The summed E-state index contributed by atoms with van der Waals surface area (Å²) in [6.07, 6.45) is 0.948. The Morgan fingerprint density at radius 2 is 2.00 bits per heavy atom. The van der Waals surface area contributed by atoms with Crippen LogP contribution in [0.3, 0.4) is 0 Å². The standard InChI is InChI=1S/C12H16N2O6S/c1-8(2)13(7-12(15)16)10-5-4-9(21(3,19)20)6-11(10)14(17)18/h4-6,8H,7H2,1-3H3,(H,15,16). The van der Waals surface area contributed by atoms with Crippen LogP contribution < -0.4 is 4.90 Å². The number of hydrogen-bond acceptors (Lipinski definition) is 6. The van der Waals surface area contributed by atoms with Crippen LogP contribution in [0.5, 0.6) is 0 Å². The van der Waals surface area contributed by atoms with E-state index in [1.807, 2.05) is 0 Å². The molecule has 1 rings (SSSR count). The number of sulfone groups is 1. The van der Waals surface area contributed by atoms with Gasteiger partial charge in [0.25, 0.3) is 5.69 Å². The van der Waals surface area contributed by atoms with E-state index in [9.17, 15) is 23.3 Å². The molecule has 0 saturated carbocycles. The molecule has 116 valence electrons. The average molecular weight is 316 g/mol. The second kappa shape index (κ2) is 6.08. The Kier molecular flexibility index (Phi) is 4.89. The van der Waals surface area contributed by atoms with Crippen LogP contribution in [-0.2, 0) is 14.6 Å². The second-order valence-corrected chi connectivity index (χ2v) is 6.81. The first-order valence-corrected chi connectivity index (χ1v) is 7.90. The maximum atomic E-state index is 11.5. The lowest BCUT2D eigenvalue weighted by Gasteiger charge is -2.26. The molecule has 0 amide bonds. The molecular weight excluding hydrogens is 300 g/mol. The molecule has 1 aromatic rings. The average Bonchev–Trinajstić information content (AvgIpc) is 2.33. The molecule has 1 N–H and O–H groups in total. The molecule has 21 heavy (non-hydrogen) atoms. The van der Waals surface area contributed by atoms with Crippen molar-refractivity contribution < 1.29 is 23.2 Å². The molecule has 0 spiro atoms. The van der Waals surface area contributed by atoms with Gasteiger partial charge in [-0.25, -0.2) is 8.42 Å². The van der Waals surface area contributed by atoms with Crippen LogP contribution in [0.25, 0.3) is 0 Å². The van der Waals surface area contributed by atoms with Crippen molar-refractivity contribution in [2.24, 2.45) is 0 Å². The van der Waals surface area contributed by atoms with Gasteiger partial charge in [-0.05, 0) is 26.0 Å². The minimum Gasteiger partial charge on any atom is -0.480 e. The highest BCUT2D eigenvalue weighted by atomic mass is 32.2. The highest BCUT2D eigenvalue weighted by Crippen LogP contribution is 2.31. The van der Waals surface area contributed by atoms with E-state index in [2.05, 4.69) is 0 Å². The first-order chi connectivity index (χ1) is 9.54. The maximum Gasteiger partial charge on any atom is 0.323 e. The fraction of sp³-hybridized carbons (Fsp3) is 0.417. The van der Waals surface area contributed by atoms with E-state index >= 15 is 0 Å². The predicted octanol–water partition coefficient (Wildman–Crippen LogP) is 1.30. The number of aliphatic carboxylic acids is 1. The molecule has 0 aliphatic rings. The lowest BCUT2D eigenvalue weighted by Crippen LogP contribution is -2.36. The zero-order chi connectivity index (χ0) is 16.4. The lowest BCUT2D eigenvalue weighted by atomic mass is 10.2. The molecule has 0 radical (unpaired) electrons. The van der Waals surface area contributed by atoms with Crippen LogP contribution in [0.2, 0.25) is 0 Å². The highest BCUT2D eigenvalue weighted by molar-refractivity contribution is 7.90. The van der Waals surface area contributed by atoms with Gasteiger partial charge in [-0.2, -0.15) is 0 Å². The summed E-state index contributed by atoms with van der Waals surface area (Å²) in [6, 6.07) is 3.14. The molecule has 0 saturated heterocycles. The second-order valence-electron chi connectivity index (χ2n) is 4.80. The quantitative estimate of drug-likeness (QED) is 0.620. The van der Waals surface area contributed by atoms with Crippen molar-refractivity contribution in [2.45, 2.75) is 24.8 Å². The van der Waals surface area contributed by atoms with Crippen molar-refractivity contribution in [3.63, 3.8) is 0 Å². The Balaban J connectivity index is 3.47. The maximum absolute atomic E-state index is 11.5. The highest BCUT2D eigenvalue weighted by Gasteiger charge is 2.25. The smallest absolute Gasteiger partial charge is 0.323 e. The van der Waals surface area contributed by atoms with Gasteiger partial charge in [-0.3, -0.25) is 14.9 Å². The van der Waals surface area contributed by atoms with Gasteiger partial charge < -0.3 is 10.0 Å². The van der Waals surface area contributed by atoms with E-state index in [1.165, 1.54) is 17.0 Å². The monoisotopic (exact) mass is 316 g/mol. The number of nitro benzene ring substituents is 1. The van der Waals surface area contributed by atoms with Crippen molar-refractivity contribution in [1.82, 2.24) is 0 Å². The van der Waals surface area contributed by atoms with Crippen molar-refractivity contribution in [2.75, 3.05) is 17.7 Å². The molecule has 0 unspecified atom stereocenters. The molecule has 0 aromatic heterocycles. The molecule has 0 heterocycles. The molecule has 8 nitrogen and oxygen atoms in total. The molecule has 0 bridgehead atoms. The van der Waals surface area contributed by atoms with Crippen LogP contribution in [0.1, 0.15) is 13.8 Å². The predicted molar refractivity (Wildman–Crippen MR) is 76.3 cm³/mol. The van der Waals surface area contributed by atoms with Crippen LogP contribution in [0, 0.1) is 10.1 Å². The van der Waals surface area contributed by atoms with Gasteiger partial charge in [0, 0.05) is 18.4 Å². The van der Waals surface area contributed by atoms with Crippen molar-refractivity contribution in [1.29, 1.82) is 0 Å². The van der Waals surface area contributed by atoms with Gasteiger partial charge in [0.2, 0.25) is 0 Å². The number of hydrogen-bond donors (Lipinski definition) is 1. The number of anilines is 1.